The molecule has 0 N–H and O–H groups in total. The van der Waals surface area contributed by atoms with Crippen molar-refractivity contribution in [3.8, 4) is 68.0 Å². The summed E-state index contributed by atoms with van der Waals surface area (Å²) in [7, 11) is 0. The number of aromatic nitrogens is 8. The van der Waals surface area contributed by atoms with Crippen LogP contribution in [0.3, 0.4) is 0 Å². The first-order valence-electron chi connectivity index (χ1n) is 43.8. The van der Waals surface area contributed by atoms with Crippen LogP contribution in [0.25, 0.3) is 263 Å². The molecule has 0 saturated heterocycles. The van der Waals surface area contributed by atoms with E-state index in [1.807, 2.05) is 0 Å². The minimum absolute atomic E-state index is 0.697. The van der Waals surface area contributed by atoms with Gasteiger partial charge in [-0.3, -0.25) is 0 Å². The predicted molar refractivity (Wildman–Crippen MR) is 538 cm³/mol. The highest BCUT2D eigenvalue weighted by Gasteiger charge is 2.26. The molecule has 0 atom stereocenters. The van der Waals surface area contributed by atoms with Crippen molar-refractivity contribution >= 4 is 195 Å². The van der Waals surface area contributed by atoms with Crippen LogP contribution >= 0.6 is 0 Å². The van der Waals surface area contributed by atoms with Crippen molar-refractivity contribution in [2.45, 2.75) is 0 Å². The SMILES string of the molecule is c1ccc2cc3c(cc2c1)c1ccccc1n3-c1cccc2c1c1cc3ccccc3cc1n2-c1ccc(-c2nc(-c3ccc4c5ccccc5c5ccccc5c4c3)c3ccccc3n2)cc1.c1ccc2cc3c(cc2c1)c1ccccc1n3-c1cccc2c1c1cc3ccccc3cc1n2-c1ccc(-c2nc(-c3cccc4ccccc34)c3ccccc3n2)cc1. The van der Waals surface area contributed by atoms with Gasteiger partial charge in [-0.2, -0.15) is 0 Å². The molecule has 0 aliphatic carbocycles. The van der Waals surface area contributed by atoms with Crippen molar-refractivity contribution < 1.29 is 0 Å². The Balaban J connectivity index is 0.000000133. The molecule has 0 aliphatic rings. The standard InChI is InChI=1S/C64H38N4.C56H34N4/c1-3-16-42-37-60-54(34-40(42)14-1)51-22-10-12-25-57(51)68(60)59-27-13-26-58-62(59)55-35-41-15-2-4-17-43(41)38-61(55)67(58)45-31-28-39(29-32-45)64-65-56-24-11-9-23-52(56)63(66-64)44-30-33-50-48-20-6-5-18-46(48)47-19-7-8-21-49(47)53(50)36-44;1-3-16-39-33-52-46(31-37(39)14-1)43-20-8-10-24-49(43)60(52)51-26-12-25-50-54(51)47-32-38-15-2-4-17-40(38)34-53(47)59(50)41-29-27-36(28-30-41)56-57-48-23-9-7-21-45(48)55(58-56)44-22-11-18-35-13-5-6-19-42(35)44/h1-38H;1-34H. The van der Waals surface area contributed by atoms with Crippen LogP contribution in [0, 0.1) is 0 Å². The summed E-state index contributed by atoms with van der Waals surface area (Å²) in [5.41, 5.74) is 21.7. The summed E-state index contributed by atoms with van der Waals surface area (Å²) in [5.74, 6) is 1.40. The second-order valence-electron chi connectivity index (χ2n) is 33.9. The van der Waals surface area contributed by atoms with Crippen LogP contribution in [-0.2, 0) is 0 Å². The first-order valence-corrected chi connectivity index (χ1v) is 43.8. The summed E-state index contributed by atoms with van der Waals surface area (Å²) in [6, 6.07) is 158. The van der Waals surface area contributed by atoms with Gasteiger partial charge in [0.15, 0.2) is 11.6 Å². The number of benzene rings is 22. The van der Waals surface area contributed by atoms with Gasteiger partial charge >= 0.3 is 0 Å². The van der Waals surface area contributed by atoms with Crippen molar-refractivity contribution in [3.63, 3.8) is 0 Å². The second-order valence-corrected chi connectivity index (χ2v) is 33.9. The van der Waals surface area contributed by atoms with Crippen molar-refractivity contribution in [2.24, 2.45) is 0 Å². The first-order chi connectivity index (χ1) is 63.5. The summed E-state index contributed by atoms with van der Waals surface area (Å²) in [6.07, 6.45) is 0. The molecule has 0 amide bonds. The zero-order valence-electron chi connectivity index (χ0n) is 69.1. The molecule has 6 heterocycles. The normalized spacial score (nSPS) is 12.1. The molecule has 0 unspecified atom stereocenters. The molecule has 128 heavy (non-hydrogen) atoms. The molecular formula is C120H72N8. The largest absolute Gasteiger partial charge is 0.309 e. The van der Waals surface area contributed by atoms with Crippen LogP contribution in [0.15, 0.2) is 437 Å². The van der Waals surface area contributed by atoms with Gasteiger partial charge in [-0.05, 0) is 238 Å². The summed E-state index contributed by atoms with van der Waals surface area (Å²) < 4.78 is 9.82. The minimum atomic E-state index is 0.697. The van der Waals surface area contributed by atoms with E-state index in [9.17, 15) is 0 Å². The van der Waals surface area contributed by atoms with Crippen molar-refractivity contribution in [2.75, 3.05) is 0 Å². The number of hydrogen-bond donors (Lipinski definition) is 0. The van der Waals surface area contributed by atoms with Gasteiger partial charge in [-0.1, -0.05) is 285 Å². The Kier molecular flexibility index (Phi) is 15.7. The number of para-hydroxylation sites is 4. The lowest BCUT2D eigenvalue weighted by Gasteiger charge is -2.14. The van der Waals surface area contributed by atoms with Crippen LogP contribution in [-0.4, -0.2) is 38.2 Å². The topological polar surface area (TPSA) is 71.3 Å². The van der Waals surface area contributed by atoms with Gasteiger partial charge in [0.05, 0.1) is 77.9 Å². The highest BCUT2D eigenvalue weighted by molar-refractivity contribution is 6.27. The van der Waals surface area contributed by atoms with E-state index in [0.717, 1.165) is 100 Å². The molecular weight excluding hydrogens is 1550 g/mol. The van der Waals surface area contributed by atoms with Gasteiger partial charge in [0.2, 0.25) is 0 Å². The number of hydrogen-bond acceptors (Lipinski definition) is 4. The molecule has 28 rings (SSSR count). The minimum Gasteiger partial charge on any atom is -0.309 e. The smallest absolute Gasteiger partial charge is 0.160 e. The third kappa shape index (κ3) is 11.0. The Morgan fingerprint density at radius 1 is 0.156 bits per heavy atom. The molecule has 0 saturated carbocycles. The Hall–Kier alpha value is -17.2. The van der Waals surface area contributed by atoms with Gasteiger partial charge in [-0.25, -0.2) is 19.9 Å². The molecule has 8 heteroatoms. The number of nitrogens with zero attached hydrogens (tertiary/aromatic N) is 8. The van der Waals surface area contributed by atoms with Crippen LogP contribution in [0.4, 0.5) is 0 Å². The third-order valence-electron chi connectivity index (χ3n) is 26.9. The van der Waals surface area contributed by atoms with E-state index >= 15 is 0 Å². The molecule has 0 aliphatic heterocycles. The molecule has 0 radical (unpaired) electrons. The molecule has 28 aromatic rings. The molecule has 0 fully saturated rings. The van der Waals surface area contributed by atoms with E-state index in [4.69, 9.17) is 19.9 Å². The maximum atomic E-state index is 5.41. The fourth-order valence-electron chi connectivity index (χ4n) is 21.1. The van der Waals surface area contributed by atoms with Crippen molar-refractivity contribution in [3.05, 3.63) is 437 Å². The molecule has 592 valence electrons. The second kappa shape index (κ2) is 28.2. The van der Waals surface area contributed by atoms with Gasteiger partial charge < -0.3 is 18.3 Å². The summed E-state index contributed by atoms with van der Waals surface area (Å²) in [5, 5.41) is 31.6. The van der Waals surface area contributed by atoms with E-state index in [1.165, 1.54) is 151 Å². The van der Waals surface area contributed by atoms with Gasteiger partial charge in [0.25, 0.3) is 0 Å². The van der Waals surface area contributed by atoms with Gasteiger partial charge in [0, 0.05) is 87.5 Å². The average Bonchev–Trinajstić information content (AvgIpc) is 1.36. The van der Waals surface area contributed by atoms with E-state index in [1.54, 1.807) is 0 Å². The fraction of sp³-hybridized carbons (Fsp3) is 0. The van der Waals surface area contributed by atoms with Crippen molar-refractivity contribution in [1.29, 1.82) is 0 Å². The summed E-state index contributed by atoms with van der Waals surface area (Å²) in [4.78, 5) is 21.0. The Bertz CT molecular complexity index is 9560. The molecule has 6 aromatic heterocycles. The fourth-order valence-corrected chi connectivity index (χ4v) is 21.1. The van der Waals surface area contributed by atoms with Crippen LogP contribution in [0.2, 0.25) is 0 Å². The Morgan fingerprint density at radius 3 is 0.922 bits per heavy atom. The van der Waals surface area contributed by atoms with E-state index < -0.39 is 0 Å². The Labute approximate surface area is 733 Å². The summed E-state index contributed by atoms with van der Waals surface area (Å²) in [6.45, 7) is 0. The first kappa shape index (κ1) is 71.4. The predicted octanol–water partition coefficient (Wildman–Crippen LogP) is 31.5. The molecule has 22 aromatic carbocycles. The maximum absolute atomic E-state index is 5.41. The quantitative estimate of drug-likeness (QED) is 0.142. The average molecular weight is 1630 g/mol. The number of fused-ring (bicyclic) bond motifs is 25. The van der Waals surface area contributed by atoms with Crippen LogP contribution < -0.4 is 0 Å². The highest BCUT2D eigenvalue weighted by Crippen LogP contribution is 2.48. The van der Waals surface area contributed by atoms with E-state index in [0.29, 0.717) is 11.6 Å². The highest BCUT2D eigenvalue weighted by atomic mass is 15.0. The van der Waals surface area contributed by atoms with Crippen LogP contribution in [0.1, 0.15) is 0 Å². The molecule has 0 bridgehead atoms. The van der Waals surface area contributed by atoms with Gasteiger partial charge in [-0.15, -0.1) is 0 Å². The third-order valence-corrected chi connectivity index (χ3v) is 26.9. The zero-order chi connectivity index (χ0) is 83.8. The Morgan fingerprint density at radius 2 is 0.469 bits per heavy atom. The number of rotatable bonds is 8. The lowest BCUT2D eigenvalue weighted by atomic mass is 9.92. The lowest BCUT2D eigenvalue weighted by molar-refractivity contribution is 1.17. The van der Waals surface area contributed by atoms with Gasteiger partial charge in [0.1, 0.15) is 0 Å². The van der Waals surface area contributed by atoms with E-state index in [2.05, 4.69) is 455 Å². The van der Waals surface area contributed by atoms with E-state index in [-0.39, 0.29) is 0 Å². The molecule has 8 nitrogen and oxygen atoms in total. The van der Waals surface area contributed by atoms with Crippen LogP contribution in [0.5, 0.6) is 0 Å². The lowest BCUT2D eigenvalue weighted by Crippen LogP contribution is -1.98. The zero-order valence-corrected chi connectivity index (χ0v) is 69.1. The summed E-state index contributed by atoms with van der Waals surface area (Å²) >= 11 is 0. The molecule has 0 spiro atoms. The monoisotopic (exact) mass is 1620 g/mol. The van der Waals surface area contributed by atoms with Crippen molar-refractivity contribution in [1.82, 2.24) is 38.2 Å². The maximum Gasteiger partial charge on any atom is 0.160 e.